The van der Waals surface area contributed by atoms with E-state index in [1.807, 2.05) is 6.07 Å². The molecule has 0 radical (unpaired) electrons. The third kappa shape index (κ3) is 3.26. The molecule has 3 rings (SSSR count). The van der Waals surface area contributed by atoms with Crippen LogP contribution in [0.15, 0.2) is 59.5 Å². The van der Waals surface area contributed by atoms with Crippen molar-refractivity contribution in [3.63, 3.8) is 0 Å². The maximum Gasteiger partial charge on any atom is 0.350 e. The van der Waals surface area contributed by atoms with Gasteiger partial charge in [-0.1, -0.05) is 24.3 Å². The molecule has 0 bridgehead atoms. The molecule has 0 saturated carbocycles. The second-order valence-corrected chi connectivity index (χ2v) is 4.74. The molecule has 0 aliphatic rings. The Balaban J connectivity index is 1.65. The van der Waals surface area contributed by atoms with Gasteiger partial charge < -0.3 is 5.32 Å². The van der Waals surface area contributed by atoms with Gasteiger partial charge in [0.05, 0.1) is 0 Å². The molecular formula is C15H13N5O3. The van der Waals surface area contributed by atoms with Crippen molar-refractivity contribution in [3.8, 4) is 0 Å². The molecule has 3 amide bonds. The average molecular weight is 311 g/mol. The van der Waals surface area contributed by atoms with Crippen molar-refractivity contribution in [3.05, 3.63) is 65.2 Å². The fourth-order valence-corrected chi connectivity index (χ4v) is 2.06. The monoisotopic (exact) mass is 311 g/mol. The van der Waals surface area contributed by atoms with Crippen molar-refractivity contribution in [1.82, 2.24) is 19.5 Å². The van der Waals surface area contributed by atoms with Crippen LogP contribution in [0.25, 0.3) is 5.65 Å². The highest BCUT2D eigenvalue weighted by Gasteiger charge is 2.12. The highest BCUT2D eigenvalue weighted by atomic mass is 16.2. The number of rotatable bonds is 3. The van der Waals surface area contributed by atoms with Gasteiger partial charge in [0.1, 0.15) is 6.54 Å². The zero-order chi connectivity index (χ0) is 16.2. The summed E-state index contributed by atoms with van der Waals surface area (Å²) in [5.74, 6) is -0.635. The van der Waals surface area contributed by atoms with Crippen LogP contribution in [-0.2, 0) is 11.3 Å². The first kappa shape index (κ1) is 14.5. The molecule has 8 nitrogen and oxygen atoms in total. The number of carbonyl (C=O) groups excluding carboxylic acids is 2. The molecule has 3 aromatic rings. The van der Waals surface area contributed by atoms with E-state index in [0.717, 1.165) is 4.68 Å². The van der Waals surface area contributed by atoms with E-state index in [0.29, 0.717) is 11.3 Å². The summed E-state index contributed by atoms with van der Waals surface area (Å²) >= 11 is 0. The fourth-order valence-electron chi connectivity index (χ4n) is 2.06. The SMILES string of the molecule is O=C(Cn1nc2ccccn2c1=O)NC(=O)Nc1ccccc1. The van der Waals surface area contributed by atoms with Gasteiger partial charge in [0.15, 0.2) is 5.65 Å². The van der Waals surface area contributed by atoms with Gasteiger partial charge in [0.2, 0.25) is 5.91 Å². The van der Waals surface area contributed by atoms with E-state index < -0.39 is 17.6 Å². The Morgan fingerprint density at radius 1 is 1.04 bits per heavy atom. The van der Waals surface area contributed by atoms with Crippen LogP contribution in [0.2, 0.25) is 0 Å². The van der Waals surface area contributed by atoms with Crippen LogP contribution < -0.4 is 16.3 Å². The molecule has 23 heavy (non-hydrogen) atoms. The lowest BCUT2D eigenvalue weighted by Crippen LogP contribution is -2.38. The first-order chi connectivity index (χ1) is 11.1. The van der Waals surface area contributed by atoms with Crippen molar-refractivity contribution < 1.29 is 9.59 Å². The molecule has 8 heteroatoms. The normalized spacial score (nSPS) is 10.4. The molecule has 1 aromatic carbocycles. The van der Waals surface area contributed by atoms with Gasteiger partial charge in [-0.2, -0.15) is 0 Å². The number of hydrogen-bond donors (Lipinski definition) is 2. The van der Waals surface area contributed by atoms with Crippen molar-refractivity contribution >= 4 is 23.3 Å². The highest BCUT2D eigenvalue weighted by Crippen LogP contribution is 2.04. The first-order valence-corrected chi connectivity index (χ1v) is 6.83. The minimum Gasteiger partial charge on any atom is -0.308 e. The minimum atomic E-state index is -0.669. The number of nitrogens with one attached hydrogen (secondary N) is 2. The Morgan fingerprint density at radius 2 is 1.78 bits per heavy atom. The van der Waals surface area contributed by atoms with Crippen molar-refractivity contribution in [2.45, 2.75) is 6.54 Å². The number of imide groups is 1. The average Bonchev–Trinajstić information content (AvgIpc) is 2.84. The van der Waals surface area contributed by atoms with E-state index in [1.54, 1.807) is 48.7 Å². The second-order valence-electron chi connectivity index (χ2n) is 4.74. The number of aromatic nitrogens is 3. The molecule has 0 atom stereocenters. The number of carbonyl (C=O) groups is 2. The van der Waals surface area contributed by atoms with Crippen molar-refractivity contribution in [1.29, 1.82) is 0 Å². The smallest absolute Gasteiger partial charge is 0.308 e. The molecule has 0 aliphatic heterocycles. The van der Waals surface area contributed by atoms with Crippen LogP contribution in [0.3, 0.4) is 0 Å². The van der Waals surface area contributed by atoms with E-state index in [2.05, 4.69) is 15.7 Å². The number of fused-ring (bicyclic) bond motifs is 1. The maximum absolute atomic E-state index is 12.0. The Hall–Kier alpha value is -3.42. The van der Waals surface area contributed by atoms with Crippen LogP contribution in [0.1, 0.15) is 0 Å². The third-order valence-electron chi connectivity index (χ3n) is 3.07. The standard InChI is InChI=1S/C15H13N5O3/c21-13(17-14(22)16-11-6-2-1-3-7-11)10-20-15(23)19-9-5-4-8-12(19)18-20/h1-9H,10H2,(H2,16,17,21,22). The summed E-state index contributed by atoms with van der Waals surface area (Å²) in [6, 6.07) is 13.1. The molecule has 2 heterocycles. The van der Waals surface area contributed by atoms with Crippen LogP contribution in [0, 0.1) is 0 Å². The number of amides is 3. The lowest BCUT2D eigenvalue weighted by Gasteiger charge is -2.06. The number of nitrogens with zero attached hydrogens (tertiary/aromatic N) is 3. The van der Waals surface area contributed by atoms with E-state index >= 15 is 0 Å². The molecule has 2 aromatic heterocycles. The zero-order valence-electron chi connectivity index (χ0n) is 12.0. The summed E-state index contributed by atoms with van der Waals surface area (Å²) in [4.78, 5) is 35.6. The van der Waals surface area contributed by atoms with Crippen LogP contribution in [0.4, 0.5) is 10.5 Å². The number of urea groups is 1. The summed E-state index contributed by atoms with van der Waals surface area (Å²) in [5.41, 5.74) is 0.543. The Labute approximate surface area is 130 Å². The van der Waals surface area contributed by atoms with Crippen LogP contribution >= 0.6 is 0 Å². The molecule has 116 valence electrons. The number of benzene rings is 1. The molecule has 2 N–H and O–H groups in total. The Bertz CT molecular complexity index is 914. The van der Waals surface area contributed by atoms with Gasteiger partial charge >= 0.3 is 11.7 Å². The highest BCUT2D eigenvalue weighted by molar-refractivity contribution is 6.01. The van der Waals surface area contributed by atoms with Gasteiger partial charge in [-0.3, -0.25) is 14.5 Å². The summed E-state index contributed by atoms with van der Waals surface area (Å²) in [7, 11) is 0. The lowest BCUT2D eigenvalue weighted by molar-refractivity contribution is -0.120. The molecule has 0 fully saturated rings. The summed E-state index contributed by atoms with van der Waals surface area (Å²) in [5, 5.41) is 8.68. The molecule has 0 unspecified atom stereocenters. The molecular weight excluding hydrogens is 298 g/mol. The van der Waals surface area contributed by atoms with E-state index in [9.17, 15) is 14.4 Å². The topological polar surface area (TPSA) is 97.5 Å². The van der Waals surface area contributed by atoms with Gasteiger partial charge in [0.25, 0.3) is 0 Å². The van der Waals surface area contributed by atoms with Gasteiger partial charge in [-0.15, -0.1) is 5.10 Å². The predicted molar refractivity (Wildman–Crippen MR) is 83.1 cm³/mol. The summed E-state index contributed by atoms with van der Waals surface area (Å²) in [6.45, 7) is -0.345. The van der Waals surface area contributed by atoms with E-state index in [1.165, 1.54) is 4.40 Å². The summed E-state index contributed by atoms with van der Waals surface area (Å²) in [6.07, 6.45) is 1.56. The number of hydrogen-bond acceptors (Lipinski definition) is 4. The van der Waals surface area contributed by atoms with Crippen molar-refractivity contribution in [2.75, 3.05) is 5.32 Å². The molecule has 0 aliphatic carbocycles. The number of pyridine rings is 1. The Kier molecular flexibility index (Phi) is 3.88. The van der Waals surface area contributed by atoms with Gasteiger partial charge in [0, 0.05) is 11.9 Å². The van der Waals surface area contributed by atoms with Crippen molar-refractivity contribution in [2.24, 2.45) is 0 Å². The van der Waals surface area contributed by atoms with Crippen LogP contribution in [-0.4, -0.2) is 26.1 Å². The number of para-hydroxylation sites is 1. The Morgan fingerprint density at radius 3 is 2.52 bits per heavy atom. The quantitative estimate of drug-likeness (QED) is 0.749. The summed E-state index contributed by atoms with van der Waals surface area (Å²) < 4.78 is 2.32. The zero-order valence-corrected chi connectivity index (χ0v) is 12.0. The predicted octanol–water partition coefficient (Wildman–Crippen LogP) is 0.844. The van der Waals surface area contributed by atoms with Gasteiger partial charge in [-0.25, -0.2) is 14.3 Å². The largest absolute Gasteiger partial charge is 0.350 e. The van der Waals surface area contributed by atoms with Crippen LogP contribution in [0.5, 0.6) is 0 Å². The molecule has 0 saturated heterocycles. The molecule has 0 spiro atoms. The van der Waals surface area contributed by atoms with Gasteiger partial charge in [-0.05, 0) is 24.3 Å². The number of anilines is 1. The fraction of sp³-hybridized carbons (Fsp3) is 0.0667. The maximum atomic E-state index is 12.0. The lowest BCUT2D eigenvalue weighted by atomic mass is 10.3. The first-order valence-electron chi connectivity index (χ1n) is 6.83. The third-order valence-corrected chi connectivity index (χ3v) is 3.07. The second kappa shape index (κ2) is 6.14. The van der Waals surface area contributed by atoms with E-state index in [-0.39, 0.29) is 6.54 Å². The van der Waals surface area contributed by atoms with E-state index in [4.69, 9.17) is 0 Å². The minimum absolute atomic E-state index is 0.345.